The number of benzene rings is 2. The third-order valence-corrected chi connectivity index (χ3v) is 6.23. The van der Waals surface area contributed by atoms with Crippen molar-refractivity contribution < 1.29 is 18.8 Å². The average molecular weight is 529 g/mol. The Hall–Kier alpha value is -2.91. The highest BCUT2D eigenvalue weighted by atomic mass is 79.9. The van der Waals surface area contributed by atoms with Crippen molar-refractivity contribution >= 4 is 21.8 Å². The molecule has 4 rings (SSSR count). The molecule has 180 valence electrons. The Labute approximate surface area is 207 Å². The number of hydrogen-bond acceptors (Lipinski definition) is 7. The van der Waals surface area contributed by atoms with Gasteiger partial charge in [0.1, 0.15) is 18.1 Å². The summed E-state index contributed by atoms with van der Waals surface area (Å²) in [6, 6.07) is 15.1. The average Bonchev–Trinajstić information content (AvgIpc) is 3.32. The van der Waals surface area contributed by atoms with Crippen molar-refractivity contribution in [2.24, 2.45) is 5.92 Å². The highest BCUT2D eigenvalue weighted by Gasteiger charge is 2.27. The molecule has 2 heterocycles. The molecule has 1 aromatic heterocycles. The number of carbonyl (C=O) groups excluding carboxylic acids is 1. The summed E-state index contributed by atoms with van der Waals surface area (Å²) in [6.07, 6.45) is 1.81. The van der Waals surface area contributed by atoms with Gasteiger partial charge >= 0.3 is 0 Å². The number of piperidine rings is 1. The Kier molecular flexibility index (Phi) is 8.18. The summed E-state index contributed by atoms with van der Waals surface area (Å²) in [5, 5.41) is 7.19. The first-order chi connectivity index (χ1) is 16.5. The number of amides is 1. The number of carbonyl (C=O) groups is 1. The normalized spacial score (nSPS) is 17.2. The fraction of sp³-hybridized carbons (Fsp3) is 0.400. The van der Waals surface area contributed by atoms with Crippen molar-refractivity contribution in [2.45, 2.75) is 32.4 Å². The molecule has 9 heteroatoms. The second kappa shape index (κ2) is 11.5. The predicted octanol–water partition coefficient (Wildman–Crippen LogP) is 4.30. The monoisotopic (exact) mass is 528 g/mol. The SMILES string of the molecule is COc1ccc(OCC(C)NC(=O)C2CCCN(Cc3nc(-c4cccc(Br)c4)no3)C2)cc1. The van der Waals surface area contributed by atoms with E-state index in [1.54, 1.807) is 7.11 Å². The van der Waals surface area contributed by atoms with Gasteiger partial charge in [0, 0.05) is 16.6 Å². The molecule has 1 aliphatic rings. The quantitative estimate of drug-likeness (QED) is 0.442. The van der Waals surface area contributed by atoms with Crippen molar-refractivity contribution in [3.8, 4) is 22.9 Å². The summed E-state index contributed by atoms with van der Waals surface area (Å²) >= 11 is 3.46. The zero-order chi connectivity index (χ0) is 23.9. The molecule has 34 heavy (non-hydrogen) atoms. The zero-order valence-corrected chi connectivity index (χ0v) is 21.0. The van der Waals surface area contributed by atoms with E-state index in [1.807, 2.05) is 55.5 Å². The number of halogens is 1. The number of hydrogen-bond donors (Lipinski definition) is 1. The van der Waals surface area contributed by atoms with Crippen LogP contribution in [0.4, 0.5) is 0 Å². The van der Waals surface area contributed by atoms with E-state index in [9.17, 15) is 4.79 Å². The van der Waals surface area contributed by atoms with E-state index in [4.69, 9.17) is 14.0 Å². The summed E-state index contributed by atoms with van der Waals surface area (Å²) < 4.78 is 17.4. The molecule has 0 radical (unpaired) electrons. The second-order valence-electron chi connectivity index (χ2n) is 8.49. The van der Waals surface area contributed by atoms with Crippen LogP contribution in [0.15, 0.2) is 57.5 Å². The number of rotatable bonds is 9. The molecule has 1 N–H and O–H groups in total. The Morgan fingerprint density at radius 3 is 2.82 bits per heavy atom. The lowest BCUT2D eigenvalue weighted by Gasteiger charge is -2.31. The molecule has 0 aliphatic carbocycles. The second-order valence-corrected chi connectivity index (χ2v) is 9.41. The van der Waals surface area contributed by atoms with Gasteiger partial charge in [-0.15, -0.1) is 0 Å². The molecular weight excluding hydrogens is 500 g/mol. The van der Waals surface area contributed by atoms with Crippen LogP contribution in [0.5, 0.6) is 11.5 Å². The van der Waals surface area contributed by atoms with Gasteiger partial charge in [-0.3, -0.25) is 9.69 Å². The largest absolute Gasteiger partial charge is 0.497 e. The van der Waals surface area contributed by atoms with Crippen LogP contribution in [-0.4, -0.2) is 53.8 Å². The third kappa shape index (κ3) is 6.57. The minimum Gasteiger partial charge on any atom is -0.497 e. The van der Waals surface area contributed by atoms with Crippen LogP contribution in [0.25, 0.3) is 11.4 Å². The van der Waals surface area contributed by atoms with Crippen molar-refractivity contribution in [2.75, 3.05) is 26.8 Å². The van der Waals surface area contributed by atoms with Gasteiger partial charge in [-0.1, -0.05) is 33.2 Å². The van der Waals surface area contributed by atoms with Gasteiger partial charge in [-0.25, -0.2) is 0 Å². The summed E-state index contributed by atoms with van der Waals surface area (Å²) in [5.41, 5.74) is 0.895. The van der Waals surface area contributed by atoms with Crippen LogP contribution in [0, 0.1) is 5.92 Å². The van der Waals surface area contributed by atoms with Gasteiger partial charge in [0.05, 0.1) is 25.6 Å². The van der Waals surface area contributed by atoms with E-state index in [-0.39, 0.29) is 17.9 Å². The lowest BCUT2D eigenvalue weighted by Crippen LogP contribution is -2.46. The third-order valence-electron chi connectivity index (χ3n) is 5.73. The van der Waals surface area contributed by atoms with E-state index in [2.05, 4.69) is 36.3 Å². The van der Waals surface area contributed by atoms with Crippen LogP contribution < -0.4 is 14.8 Å². The number of nitrogens with one attached hydrogen (secondary N) is 1. The van der Waals surface area contributed by atoms with E-state index in [1.165, 1.54) is 0 Å². The minimum atomic E-state index is -0.103. The molecule has 1 amide bonds. The molecule has 2 unspecified atom stereocenters. The van der Waals surface area contributed by atoms with Crippen LogP contribution in [0.3, 0.4) is 0 Å². The summed E-state index contributed by atoms with van der Waals surface area (Å²) in [6.45, 7) is 4.43. The lowest BCUT2D eigenvalue weighted by molar-refractivity contribution is -0.127. The fourth-order valence-electron chi connectivity index (χ4n) is 3.96. The van der Waals surface area contributed by atoms with Gasteiger partial charge in [0.2, 0.25) is 17.6 Å². The number of methoxy groups -OCH3 is 1. The summed E-state index contributed by atoms with van der Waals surface area (Å²) in [7, 11) is 1.63. The molecule has 1 saturated heterocycles. The number of ether oxygens (including phenoxy) is 2. The number of likely N-dealkylation sites (tertiary alicyclic amines) is 1. The molecule has 1 fully saturated rings. The Balaban J connectivity index is 1.25. The van der Waals surface area contributed by atoms with Crippen molar-refractivity contribution in [3.05, 3.63) is 58.9 Å². The van der Waals surface area contributed by atoms with Crippen LogP contribution in [0.1, 0.15) is 25.7 Å². The molecule has 2 aromatic carbocycles. The van der Waals surface area contributed by atoms with Crippen molar-refractivity contribution in [1.82, 2.24) is 20.4 Å². The molecule has 2 atom stereocenters. The first-order valence-corrected chi connectivity index (χ1v) is 12.2. The molecule has 8 nitrogen and oxygen atoms in total. The van der Waals surface area contributed by atoms with Gasteiger partial charge in [-0.05, 0) is 62.7 Å². The van der Waals surface area contributed by atoms with E-state index in [0.29, 0.717) is 31.4 Å². The van der Waals surface area contributed by atoms with Crippen LogP contribution in [-0.2, 0) is 11.3 Å². The van der Waals surface area contributed by atoms with Gasteiger partial charge in [0.25, 0.3) is 0 Å². The lowest BCUT2D eigenvalue weighted by atomic mass is 9.97. The highest BCUT2D eigenvalue weighted by Crippen LogP contribution is 2.23. The maximum Gasteiger partial charge on any atom is 0.241 e. The standard InChI is InChI=1S/C25H29BrN4O4/c1-17(16-33-22-10-8-21(32-2)9-11-22)27-25(31)19-6-4-12-30(14-19)15-23-28-24(29-34-23)18-5-3-7-20(26)13-18/h3,5,7-11,13,17,19H,4,6,12,14-16H2,1-2H3,(H,27,31). The molecule has 0 spiro atoms. The predicted molar refractivity (Wildman–Crippen MR) is 132 cm³/mol. The maximum absolute atomic E-state index is 12.9. The van der Waals surface area contributed by atoms with Gasteiger partial charge < -0.3 is 19.3 Å². The molecule has 1 aliphatic heterocycles. The Morgan fingerprint density at radius 2 is 2.06 bits per heavy atom. The summed E-state index contributed by atoms with van der Waals surface area (Å²) in [4.78, 5) is 19.6. The van der Waals surface area contributed by atoms with Crippen LogP contribution in [0.2, 0.25) is 0 Å². The Bertz CT molecular complexity index is 1090. The van der Waals surface area contributed by atoms with E-state index < -0.39 is 0 Å². The fourth-order valence-corrected chi connectivity index (χ4v) is 4.36. The molecule has 0 bridgehead atoms. The van der Waals surface area contributed by atoms with Gasteiger partial charge in [-0.2, -0.15) is 4.98 Å². The smallest absolute Gasteiger partial charge is 0.241 e. The minimum absolute atomic E-state index is 0.0517. The topological polar surface area (TPSA) is 89.7 Å². The van der Waals surface area contributed by atoms with E-state index in [0.717, 1.165) is 40.9 Å². The van der Waals surface area contributed by atoms with Gasteiger partial charge in [0.15, 0.2) is 0 Å². The van der Waals surface area contributed by atoms with Crippen molar-refractivity contribution in [3.63, 3.8) is 0 Å². The molecular formula is C25H29BrN4O4. The Morgan fingerprint density at radius 1 is 1.26 bits per heavy atom. The highest BCUT2D eigenvalue weighted by molar-refractivity contribution is 9.10. The molecule has 3 aromatic rings. The number of nitrogens with zero attached hydrogens (tertiary/aromatic N) is 3. The zero-order valence-electron chi connectivity index (χ0n) is 19.4. The number of aromatic nitrogens is 2. The first kappa shape index (κ1) is 24.2. The van der Waals surface area contributed by atoms with E-state index >= 15 is 0 Å². The molecule has 0 saturated carbocycles. The van der Waals surface area contributed by atoms with Crippen LogP contribution >= 0.6 is 15.9 Å². The van der Waals surface area contributed by atoms with Crippen molar-refractivity contribution in [1.29, 1.82) is 0 Å². The summed E-state index contributed by atoms with van der Waals surface area (Å²) in [5.74, 6) is 2.61. The first-order valence-electron chi connectivity index (χ1n) is 11.4. The maximum atomic E-state index is 12.9.